The molecule has 172 valence electrons. The minimum Gasteiger partial charge on any atom is -0.372 e. The van der Waals surface area contributed by atoms with Gasteiger partial charge >= 0.3 is 0 Å². The SMILES string of the molecule is CCN(CCCNC(=O)[C@@H]1CCCN(c2nnc(N3CCCC3=O)s2)C1)c1ccccc1. The highest BCUT2D eigenvalue weighted by atomic mass is 32.1. The van der Waals surface area contributed by atoms with E-state index in [4.69, 9.17) is 0 Å². The number of amides is 2. The minimum absolute atomic E-state index is 0.0408. The fourth-order valence-electron chi connectivity index (χ4n) is 4.39. The first-order valence-electron chi connectivity index (χ1n) is 11.6. The van der Waals surface area contributed by atoms with Crippen LogP contribution < -0.4 is 20.0 Å². The molecule has 2 aliphatic rings. The van der Waals surface area contributed by atoms with Gasteiger partial charge in [-0.25, -0.2) is 0 Å². The Morgan fingerprint density at radius 1 is 1.19 bits per heavy atom. The molecule has 1 N–H and O–H groups in total. The third kappa shape index (κ3) is 5.38. The molecule has 0 spiro atoms. The van der Waals surface area contributed by atoms with E-state index in [9.17, 15) is 9.59 Å². The van der Waals surface area contributed by atoms with Gasteiger partial charge in [-0.3, -0.25) is 14.5 Å². The molecule has 1 atom stereocenters. The van der Waals surface area contributed by atoms with E-state index >= 15 is 0 Å². The Morgan fingerprint density at radius 2 is 2.00 bits per heavy atom. The van der Waals surface area contributed by atoms with Crippen molar-refractivity contribution in [3.63, 3.8) is 0 Å². The van der Waals surface area contributed by atoms with E-state index in [1.165, 1.54) is 17.0 Å². The van der Waals surface area contributed by atoms with Crippen molar-refractivity contribution < 1.29 is 9.59 Å². The standard InChI is InChI=1S/C23H32N6O2S/c1-2-27(19-10-4-3-5-11-19)15-8-13-24-21(31)18-9-6-14-28(17-18)22-25-26-23(32-22)29-16-7-12-20(29)30/h3-5,10-11,18H,2,6-9,12-17H2,1H3,(H,24,31)/t18-/m1/s1. The molecule has 1 aromatic heterocycles. The number of rotatable bonds is 9. The summed E-state index contributed by atoms with van der Waals surface area (Å²) in [7, 11) is 0. The van der Waals surface area contributed by atoms with Crippen molar-refractivity contribution in [1.29, 1.82) is 0 Å². The molecule has 2 amide bonds. The lowest BCUT2D eigenvalue weighted by atomic mass is 9.97. The van der Waals surface area contributed by atoms with Crippen molar-refractivity contribution in [2.45, 2.75) is 39.0 Å². The van der Waals surface area contributed by atoms with Gasteiger partial charge in [0.2, 0.25) is 22.1 Å². The van der Waals surface area contributed by atoms with Crippen molar-refractivity contribution in [3.05, 3.63) is 30.3 Å². The first-order valence-corrected chi connectivity index (χ1v) is 12.4. The fraction of sp³-hybridized carbons (Fsp3) is 0.565. The maximum atomic E-state index is 12.8. The summed E-state index contributed by atoms with van der Waals surface area (Å²) in [5.74, 6) is 0.204. The molecule has 0 unspecified atom stereocenters. The number of para-hydroxylation sites is 1. The summed E-state index contributed by atoms with van der Waals surface area (Å²) in [6.45, 7) is 6.94. The van der Waals surface area contributed by atoms with Crippen LogP contribution in [0.15, 0.2) is 30.3 Å². The van der Waals surface area contributed by atoms with Crippen LogP contribution in [-0.2, 0) is 9.59 Å². The minimum atomic E-state index is -0.0408. The molecule has 4 rings (SSSR count). The van der Waals surface area contributed by atoms with Gasteiger partial charge in [0.1, 0.15) is 0 Å². The molecule has 0 radical (unpaired) electrons. The van der Waals surface area contributed by atoms with Crippen LogP contribution in [0.3, 0.4) is 0 Å². The van der Waals surface area contributed by atoms with Crippen LogP contribution in [0.1, 0.15) is 39.0 Å². The van der Waals surface area contributed by atoms with Crippen molar-refractivity contribution >= 4 is 39.1 Å². The summed E-state index contributed by atoms with van der Waals surface area (Å²) >= 11 is 1.45. The number of anilines is 3. The van der Waals surface area contributed by atoms with Crippen molar-refractivity contribution in [2.24, 2.45) is 5.92 Å². The van der Waals surface area contributed by atoms with Gasteiger partial charge in [-0.05, 0) is 44.7 Å². The predicted molar refractivity (Wildman–Crippen MR) is 128 cm³/mol. The van der Waals surface area contributed by atoms with Gasteiger partial charge in [-0.15, -0.1) is 10.2 Å². The lowest BCUT2D eigenvalue weighted by Crippen LogP contribution is -2.43. The van der Waals surface area contributed by atoms with Crippen molar-refractivity contribution in [1.82, 2.24) is 15.5 Å². The van der Waals surface area contributed by atoms with Gasteiger partial charge in [0.05, 0.1) is 5.92 Å². The molecule has 0 bridgehead atoms. The van der Waals surface area contributed by atoms with Crippen LogP contribution in [0.4, 0.5) is 16.0 Å². The summed E-state index contributed by atoms with van der Waals surface area (Å²) in [6, 6.07) is 10.4. The van der Waals surface area contributed by atoms with E-state index in [0.29, 0.717) is 24.6 Å². The van der Waals surface area contributed by atoms with E-state index in [1.807, 2.05) is 6.07 Å². The van der Waals surface area contributed by atoms with Gasteiger partial charge < -0.3 is 15.1 Å². The fourth-order valence-corrected chi connectivity index (χ4v) is 5.32. The van der Waals surface area contributed by atoms with Crippen molar-refractivity contribution in [2.75, 3.05) is 54.0 Å². The second-order valence-electron chi connectivity index (χ2n) is 8.36. The number of piperidine rings is 1. The van der Waals surface area contributed by atoms with Crippen LogP contribution in [0, 0.1) is 5.92 Å². The predicted octanol–water partition coefficient (Wildman–Crippen LogP) is 2.91. The van der Waals surface area contributed by atoms with Gasteiger partial charge in [0.25, 0.3) is 0 Å². The van der Waals surface area contributed by atoms with Gasteiger partial charge in [-0.1, -0.05) is 29.5 Å². The Hall–Kier alpha value is -2.68. The molecular formula is C23H32N6O2S. The van der Waals surface area contributed by atoms with Crippen molar-refractivity contribution in [3.8, 4) is 0 Å². The zero-order chi connectivity index (χ0) is 22.3. The molecule has 8 nitrogen and oxygen atoms in total. The normalized spacial score (nSPS) is 18.8. The maximum Gasteiger partial charge on any atom is 0.228 e. The second kappa shape index (κ2) is 10.8. The largest absolute Gasteiger partial charge is 0.372 e. The topological polar surface area (TPSA) is 81.7 Å². The highest BCUT2D eigenvalue weighted by Gasteiger charge is 2.29. The smallest absolute Gasteiger partial charge is 0.228 e. The number of nitrogens with one attached hydrogen (secondary N) is 1. The van der Waals surface area contributed by atoms with Gasteiger partial charge in [0, 0.05) is 51.4 Å². The molecule has 0 aliphatic carbocycles. The number of benzene rings is 1. The third-order valence-electron chi connectivity index (χ3n) is 6.18. The molecule has 3 heterocycles. The Balaban J connectivity index is 1.24. The average molecular weight is 457 g/mol. The number of hydrogen-bond donors (Lipinski definition) is 1. The molecule has 2 saturated heterocycles. The van der Waals surface area contributed by atoms with E-state index in [0.717, 1.165) is 57.0 Å². The average Bonchev–Trinajstić information content (AvgIpc) is 3.48. The number of aromatic nitrogens is 2. The number of carbonyl (C=O) groups is 2. The summed E-state index contributed by atoms with van der Waals surface area (Å²) in [5.41, 5.74) is 1.22. The zero-order valence-electron chi connectivity index (χ0n) is 18.7. The Bertz CT molecular complexity index is 905. The highest BCUT2D eigenvalue weighted by Crippen LogP contribution is 2.32. The van der Waals surface area contributed by atoms with E-state index in [1.54, 1.807) is 4.90 Å². The van der Waals surface area contributed by atoms with E-state index in [-0.39, 0.29) is 17.7 Å². The lowest BCUT2D eigenvalue weighted by Gasteiger charge is -2.31. The molecular weight excluding hydrogens is 424 g/mol. The van der Waals surface area contributed by atoms with Crippen LogP contribution in [-0.4, -0.2) is 61.3 Å². The molecule has 2 fully saturated rings. The van der Waals surface area contributed by atoms with E-state index in [2.05, 4.69) is 56.5 Å². The van der Waals surface area contributed by atoms with Gasteiger partial charge in [0.15, 0.2) is 0 Å². The maximum absolute atomic E-state index is 12.8. The molecule has 2 aromatic rings. The lowest BCUT2D eigenvalue weighted by molar-refractivity contribution is -0.125. The quantitative estimate of drug-likeness (QED) is 0.585. The summed E-state index contributed by atoms with van der Waals surface area (Å²) in [5, 5.41) is 13.2. The second-order valence-corrected chi connectivity index (χ2v) is 9.30. The monoisotopic (exact) mass is 456 g/mol. The number of nitrogens with zero attached hydrogens (tertiary/aromatic N) is 5. The Labute approximate surface area is 193 Å². The van der Waals surface area contributed by atoms with Gasteiger partial charge in [-0.2, -0.15) is 0 Å². The first-order chi connectivity index (χ1) is 15.7. The summed E-state index contributed by atoms with van der Waals surface area (Å²) in [6.07, 6.45) is 4.22. The van der Waals surface area contributed by atoms with Crippen LogP contribution >= 0.6 is 11.3 Å². The molecule has 32 heavy (non-hydrogen) atoms. The molecule has 9 heteroatoms. The molecule has 2 aliphatic heterocycles. The Morgan fingerprint density at radius 3 is 2.75 bits per heavy atom. The van der Waals surface area contributed by atoms with Crippen LogP contribution in [0.2, 0.25) is 0 Å². The van der Waals surface area contributed by atoms with Crippen LogP contribution in [0.25, 0.3) is 0 Å². The summed E-state index contributed by atoms with van der Waals surface area (Å²) in [4.78, 5) is 30.9. The molecule has 0 saturated carbocycles. The summed E-state index contributed by atoms with van der Waals surface area (Å²) < 4.78 is 0. The Kier molecular flexibility index (Phi) is 7.57. The first kappa shape index (κ1) is 22.5. The third-order valence-corrected chi connectivity index (χ3v) is 7.18. The van der Waals surface area contributed by atoms with E-state index < -0.39 is 0 Å². The zero-order valence-corrected chi connectivity index (χ0v) is 19.5. The number of hydrogen-bond acceptors (Lipinski definition) is 7. The van der Waals surface area contributed by atoms with Crippen LogP contribution in [0.5, 0.6) is 0 Å². The number of carbonyl (C=O) groups excluding carboxylic acids is 2. The highest BCUT2D eigenvalue weighted by molar-refractivity contribution is 7.19. The molecule has 1 aromatic carbocycles.